The number of fused-ring (bicyclic) bond motifs is 2. The summed E-state index contributed by atoms with van der Waals surface area (Å²) in [6.45, 7) is 1.92. The number of hydrogen-bond acceptors (Lipinski definition) is 4. The zero-order valence-electron chi connectivity index (χ0n) is 20.2. The van der Waals surface area contributed by atoms with Crippen molar-refractivity contribution >= 4 is 33.6 Å². The van der Waals surface area contributed by atoms with E-state index in [0.29, 0.717) is 5.75 Å². The number of aliphatic carboxylic acids is 1. The highest BCUT2D eigenvalue weighted by Gasteiger charge is 2.21. The van der Waals surface area contributed by atoms with Crippen molar-refractivity contribution in [2.24, 2.45) is 0 Å². The number of rotatable bonds is 8. The first kappa shape index (κ1) is 23.7. The second-order valence-electron chi connectivity index (χ2n) is 9.41. The quantitative estimate of drug-likeness (QED) is 0.296. The number of aryl methyl sites for hydroxylation is 1. The third kappa shape index (κ3) is 5.28. The molecule has 0 bridgehead atoms. The van der Waals surface area contributed by atoms with Gasteiger partial charge in [0.25, 0.3) is 5.91 Å². The molecule has 2 unspecified atom stereocenters. The first-order valence-electron chi connectivity index (χ1n) is 12.3. The van der Waals surface area contributed by atoms with Gasteiger partial charge < -0.3 is 19.6 Å². The van der Waals surface area contributed by atoms with Crippen LogP contribution in [0.1, 0.15) is 48.3 Å². The standard InChI is InChI=1S/C30H29NO5/c1-19-13-28-22(11-12-35-28)16-26(19)27(17-30(33)34)21-8-7-20-9-10-25(15-23(20)14-21)36-18-29(32)31-24-5-3-2-4-6-24/h3,5,7-16,24,27H,2,4,6,17-18H2,1H3,(H,31,32)(H,33,34). The molecule has 3 aromatic carbocycles. The monoisotopic (exact) mass is 483 g/mol. The predicted molar refractivity (Wildman–Crippen MR) is 139 cm³/mol. The lowest BCUT2D eigenvalue weighted by molar-refractivity contribution is -0.137. The van der Waals surface area contributed by atoms with Gasteiger partial charge in [-0.3, -0.25) is 9.59 Å². The molecule has 36 heavy (non-hydrogen) atoms. The van der Waals surface area contributed by atoms with Gasteiger partial charge in [0, 0.05) is 17.3 Å². The number of ether oxygens (including phenoxy) is 1. The molecule has 0 fully saturated rings. The van der Waals surface area contributed by atoms with E-state index in [9.17, 15) is 14.7 Å². The van der Waals surface area contributed by atoms with E-state index >= 15 is 0 Å². The van der Waals surface area contributed by atoms with E-state index in [1.807, 2.05) is 67.6 Å². The molecule has 1 aliphatic carbocycles. The van der Waals surface area contributed by atoms with Gasteiger partial charge in [-0.25, -0.2) is 0 Å². The number of carbonyl (C=O) groups is 2. The molecular formula is C30H29NO5. The van der Waals surface area contributed by atoms with Crippen LogP contribution in [-0.2, 0) is 9.59 Å². The number of carboxylic acid groups (broad SMARTS) is 1. The summed E-state index contributed by atoms with van der Waals surface area (Å²) in [5, 5.41) is 15.6. The Labute approximate surface area is 209 Å². The van der Waals surface area contributed by atoms with Gasteiger partial charge in [-0.05, 0) is 84.0 Å². The van der Waals surface area contributed by atoms with Crippen LogP contribution < -0.4 is 10.1 Å². The van der Waals surface area contributed by atoms with Gasteiger partial charge in [0.05, 0.1) is 12.7 Å². The highest BCUT2D eigenvalue weighted by atomic mass is 16.5. The summed E-state index contributed by atoms with van der Waals surface area (Å²) in [6, 6.07) is 17.6. The molecule has 0 aliphatic heterocycles. The zero-order chi connectivity index (χ0) is 25.1. The van der Waals surface area contributed by atoms with Gasteiger partial charge in [-0.1, -0.05) is 36.4 Å². The SMILES string of the molecule is Cc1cc2occc2cc1C(CC(=O)O)c1ccc2ccc(OCC(=O)NC3C=CCCC3)cc2c1. The maximum atomic E-state index is 12.3. The molecular weight excluding hydrogens is 454 g/mol. The maximum Gasteiger partial charge on any atom is 0.304 e. The normalized spacial score (nSPS) is 16.2. The summed E-state index contributed by atoms with van der Waals surface area (Å²) in [4.78, 5) is 24.1. The van der Waals surface area contributed by atoms with Crippen molar-refractivity contribution in [3.8, 4) is 5.75 Å². The average molecular weight is 484 g/mol. The predicted octanol–water partition coefficient (Wildman–Crippen LogP) is 6.10. The van der Waals surface area contributed by atoms with Crippen molar-refractivity contribution in [1.82, 2.24) is 5.32 Å². The average Bonchev–Trinajstić information content (AvgIpc) is 3.33. The van der Waals surface area contributed by atoms with Crippen molar-refractivity contribution in [3.63, 3.8) is 0 Å². The Bertz CT molecular complexity index is 1450. The molecule has 4 aromatic rings. The van der Waals surface area contributed by atoms with E-state index in [1.54, 1.807) is 6.26 Å². The number of hydrogen-bond donors (Lipinski definition) is 2. The molecule has 0 radical (unpaired) electrons. The second kappa shape index (κ2) is 10.3. The van der Waals surface area contributed by atoms with E-state index in [1.165, 1.54) is 0 Å². The Morgan fingerprint density at radius 2 is 1.94 bits per heavy atom. The van der Waals surface area contributed by atoms with Gasteiger partial charge in [0.1, 0.15) is 11.3 Å². The van der Waals surface area contributed by atoms with Crippen LogP contribution in [0.3, 0.4) is 0 Å². The van der Waals surface area contributed by atoms with Crippen LogP contribution in [0.2, 0.25) is 0 Å². The molecule has 0 saturated heterocycles. The lowest BCUT2D eigenvalue weighted by Crippen LogP contribution is -2.37. The molecule has 1 aromatic heterocycles. The Hall–Kier alpha value is -4.06. The minimum atomic E-state index is -0.859. The summed E-state index contributed by atoms with van der Waals surface area (Å²) in [7, 11) is 0. The van der Waals surface area contributed by atoms with Crippen molar-refractivity contribution < 1.29 is 23.8 Å². The molecule has 184 valence electrons. The van der Waals surface area contributed by atoms with E-state index in [2.05, 4.69) is 11.4 Å². The number of amides is 1. The van der Waals surface area contributed by atoms with Crippen molar-refractivity contribution in [2.75, 3.05) is 6.61 Å². The fourth-order valence-electron chi connectivity index (χ4n) is 4.97. The van der Waals surface area contributed by atoms with Crippen molar-refractivity contribution in [3.05, 3.63) is 89.7 Å². The second-order valence-corrected chi connectivity index (χ2v) is 9.41. The molecule has 2 atom stereocenters. The minimum absolute atomic E-state index is 0.0261. The Morgan fingerprint density at radius 1 is 1.08 bits per heavy atom. The van der Waals surface area contributed by atoms with Gasteiger partial charge >= 0.3 is 5.97 Å². The number of furan rings is 1. The Balaban J connectivity index is 1.39. The van der Waals surface area contributed by atoms with Gasteiger partial charge in [-0.2, -0.15) is 0 Å². The topological polar surface area (TPSA) is 88.8 Å². The summed E-state index contributed by atoms with van der Waals surface area (Å²) in [5.41, 5.74) is 3.65. The van der Waals surface area contributed by atoms with Crippen molar-refractivity contribution in [2.45, 2.75) is 44.6 Å². The van der Waals surface area contributed by atoms with Crippen LogP contribution in [0.15, 0.2) is 77.4 Å². The molecule has 0 spiro atoms. The lowest BCUT2D eigenvalue weighted by Gasteiger charge is -2.19. The van der Waals surface area contributed by atoms with E-state index in [4.69, 9.17) is 9.15 Å². The van der Waals surface area contributed by atoms with E-state index in [-0.39, 0.29) is 30.9 Å². The fourth-order valence-corrected chi connectivity index (χ4v) is 4.97. The van der Waals surface area contributed by atoms with Crippen LogP contribution in [0.4, 0.5) is 0 Å². The number of allylic oxidation sites excluding steroid dienone is 1. The van der Waals surface area contributed by atoms with Crippen LogP contribution >= 0.6 is 0 Å². The highest BCUT2D eigenvalue weighted by molar-refractivity contribution is 5.86. The number of carbonyl (C=O) groups excluding carboxylic acids is 1. The van der Waals surface area contributed by atoms with Crippen LogP contribution in [0.25, 0.3) is 21.7 Å². The first-order valence-corrected chi connectivity index (χ1v) is 12.3. The van der Waals surface area contributed by atoms with Crippen LogP contribution in [-0.4, -0.2) is 29.6 Å². The van der Waals surface area contributed by atoms with E-state index < -0.39 is 5.97 Å². The molecule has 0 saturated carbocycles. The number of carboxylic acids is 1. The molecule has 1 aliphatic rings. The summed E-state index contributed by atoms with van der Waals surface area (Å²) >= 11 is 0. The van der Waals surface area contributed by atoms with E-state index in [0.717, 1.165) is 57.7 Å². The third-order valence-electron chi connectivity index (χ3n) is 6.80. The third-order valence-corrected chi connectivity index (χ3v) is 6.80. The first-order chi connectivity index (χ1) is 17.5. The molecule has 6 nitrogen and oxygen atoms in total. The summed E-state index contributed by atoms with van der Waals surface area (Å²) < 4.78 is 11.3. The van der Waals surface area contributed by atoms with Crippen LogP contribution in [0.5, 0.6) is 5.75 Å². The Morgan fingerprint density at radius 3 is 2.75 bits per heavy atom. The zero-order valence-corrected chi connectivity index (χ0v) is 20.2. The highest BCUT2D eigenvalue weighted by Crippen LogP contribution is 2.35. The van der Waals surface area contributed by atoms with Crippen molar-refractivity contribution in [1.29, 1.82) is 0 Å². The summed E-state index contributed by atoms with van der Waals surface area (Å²) in [5.74, 6) is -0.723. The fraction of sp³-hybridized carbons (Fsp3) is 0.267. The number of benzene rings is 3. The maximum absolute atomic E-state index is 12.3. The number of nitrogens with one attached hydrogen (secondary N) is 1. The molecule has 1 heterocycles. The summed E-state index contributed by atoms with van der Waals surface area (Å²) in [6.07, 6.45) is 8.85. The smallest absolute Gasteiger partial charge is 0.304 e. The Kier molecular flexibility index (Phi) is 6.76. The largest absolute Gasteiger partial charge is 0.484 e. The molecule has 1 amide bonds. The van der Waals surface area contributed by atoms with Crippen LogP contribution in [0, 0.1) is 6.92 Å². The molecule has 2 N–H and O–H groups in total. The molecule has 6 heteroatoms. The lowest BCUT2D eigenvalue weighted by atomic mass is 9.84. The minimum Gasteiger partial charge on any atom is -0.484 e. The molecule has 5 rings (SSSR count). The van der Waals surface area contributed by atoms with Gasteiger partial charge in [0.2, 0.25) is 0 Å². The van der Waals surface area contributed by atoms with Gasteiger partial charge in [0.15, 0.2) is 6.61 Å². The van der Waals surface area contributed by atoms with Gasteiger partial charge in [-0.15, -0.1) is 0 Å².